The van der Waals surface area contributed by atoms with Gasteiger partial charge < -0.3 is 25.4 Å². The Kier molecular flexibility index (Phi) is 7.39. The van der Waals surface area contributed by atoms with Gasteiger partial charge in [0.2, 0.25) is 7.37 Å². The van der Waals surface area contributed by atoms with Crippen LogP contribution in [0.5, 0.6) is 5.75 Å². The molecule has 172 valence electrons. The summed E-state index contributed by atoms with van der Waals surface area (Å²) in [5, 5.41) is 8.13. The van der Waals surface area contributed by atoms with Gasteiger partial charge in [-0.15, -0.1) is 0 Å². The molecule has 0 fully saturated rings. The van der Waals surface area contributed by atoms with Crippen LogP contribution in [0.25, 0.3) is 11.1 Å². The molecule has 0 radical (unpaired) electrons. The Morgan fingerprint density at radius 3 is 2.59 bits per heavy atom. The molecule has 0 spiro atoms. The van der Waals surface area contributed by atoms with E-state index in [1.54, 1.807) is 30.2 Å². The second-order valence-corrected chi connectivity index (χ2v) is 10.3. The van der Waals surface area contributed by atoms with E-state index in [9.17, 15) is 23.7 Å². The summed E-state index contributed by atoms with van der Waals surface area (Å²) < 4.78 is 32.1. The van der Waals surface area contributed by atoms with Crippen LogP contribution in [-0.2, 0) is 15.9 Å². The van der Waals surface area contributed by atoms with Crippen LogP contribution in [0.15, 0.2) is 54.5 Å². The highest BCUT2D eigenvalue weighted by Crippen LogP contribution is 2.60. The van der Waals surface area contributed by atoms with Crippen LogP contribution in [0, 0.1) is 5.82 Å². The van der Waals surface area contributed by atoms with Gasteiger partial charge in [-0.05, 0) is 60.3 Å². The fourth-order valence-electron chi connectivity index (χ4n) is 3.98. The maximum absolute atomic E-state index is 14.1. The van der Waals surface area contributed by atoms with Crippen molar-refractivity contribution in [2.45, 2.75) is 31.0 Å². The highest BCUT2D eigenvalue weighted by molar-refractivity contribution is 7.64. The quantitative estimate of drug-likeness (QED) is 0.381. The van der Waals surface area contributed by atoms with Gasteiger partial charge in [-0.2, -0.15) is 0 Å². The van der Waals surface area contributed by atoms with Crippen molar-refractivity contribution >= 4 is 13.3 Å². The number of ether oxygens (including phenoxy) is 1. The minimum absolute atomic E-state index is 0.0445. The van der Waals surface area contributed by atoms with Gasteiger partial charge in [0.25, 0.3) is 0 Å². The zero-order valence-corrected chi connectivity index (χ0v) is 18.8. The topological polar surface area (TPSA) is 113 Å². The van der Waals surface area contributed by atoms with E-state index in [2.05, 4.69) is 0 Å². The Labute approximate surface area is 186 Å². The third kappa shape index (κ3) is 4.88. The first-order valence-corrected chi connectivity index (χ1v) is 12.1. The van der Waals surface area contributed by atoms with E-state index in [4.69, 9.17) is 10.5 Å². The molecule has 7 nitrogen and oxygen atoms in total. The number of unbranched alkanes of at least 4 members (excludes halogenated alkanes) is 1. The van der Waals surface area contributed by atoms with E-state index >= 15 is 0 Å². The Morgan fingerprint density at radius 1 is 1.25 bits per heavy atom. The summed E-state index contributed by atoms with van der Waals surface area (Å²) >= 11 is 0. The number of halogens is 1. The Morgan fingerprint density at radius 2 is 1.97 bits per heavy atom. The van der Waals surface area contributed by atoms with Crippen molar-refractivity contribution in [3.8, 4) is 16.9 Å². The average Bonchev–Trinajstić information content (AvgIpc) is 2.77. The first kappa shape index (κ1) is 24.0. The lowest BCUT2D eigenvalue weighted by atomic mass is 9.97. The highest BCUT2D eigenvalue weighted by Gasteiger charge is 2.54. The highest BCUT2D eigenvalue weighted by atomic mass is 31.2. The van der Waals surface area contributed by atoms with Crippen molar-refractivity contribution in [2.75, 3.05) is 20.2 Å². The van der Waals surface area contributed by atoms with Crippen LogP contribution in [0.1, 0.15) is 24.8 Å². The molecule has 1 heterocycles. The number of carboxylic acids is 1. The largest absolute Gasteiger partial charge is 0.497 e. The van der Waals surface area contributed by atoms with Gasteiger partial charge in [-0.3, -0.25) is 9.36 Å². The van der Waals surface area contributed by atoms with E-state index in [1.165, 1.54) is 18.3 Å². The predicted molar refractivity (Wildman–Crippen MR) is 121 cm³/mol. The number of methoxy groups -OCH3 is 1. The number of rotatable bonds is 9. The standard InChI is InChI=1S/C23H28FN2O5P/c1-31-20-8-5-17(6-9-20)21-14-19(24)7-4-18(21)15-26-12-13-32(29,30)23(16-26,22(27)28)10-2-3-11-25/h4-9,12-14H,2-3,10-11,15-16,25H2,1H3,(H,27,28)(H,29,30)/t23-/m0/s1. The molecule has 32 heavy (non-hydrogen) atoms. The van der Waals surface area contributed by atoms with Crippen LogP contribution in [0.3, 0.4) is 0 Å². The van der Waals surface area contributed by atoms with Gasteiger partial charge in [0.1, 0.15) is 11.6 Å². The zero-order valence-electron chi connectivity index (χ0n) is 17.9. The zero-order chi connectivity index (χ0) is 23.4. The molecule has 3 rings (SSSR count). The van der Waals surface area contributed by atoms with Gasteiger partial charge in [0.05, 0.1) is 7.11 Å². The number of benzene rings is 2. The monoisotopic (exact) mass is 462 g/mol. The molecule has 4 N–H and O–H groups in total. The summed E-state index contributed by atoms with van der Waals surface area (Å²) in [5.74, 6) is 0.0801. The van der Waals surface area contributed by atoms with Crippen molar-refractivity contribution in [1.29, 1.82) is 0 Å². The second-order valence-electron chi connectivity index (χ2n) is 7.94. The first-order valence-electron chi connectivity index (χ1n) is 10.3. The van der Waals surface area contributed by atoms with Crippen molar-refractivity contribution in [1.82, 2.24) is 4.90 Å². The minimum Gasteiger partial charge on any atom is -0.497 e. The molecular weight excluding hydrogens is 434 g/mol. The number of nitrogens with zero attached hydrogens (tertiary/aromatic N) is 1. The van der Waals surface area contributed by atoms with Crippen LogP contribution in [0.4, 0.5) is 4.39 Å². The van der Waals surface area contributed by atoms with Gasteiger partial charge in [-0.25, -0.2) is 4.39 Å². The third-order valence-corrected chi connectivity index (χ3v) is 8.17. The molecule has 2 aromatic rings. The van der Waals surface area contributed by atoms with Gasteiger partial charge in [0.15, 0.2) is 5.16 Å². The van der Waals surface area contributed by atoms with E-state index in [-0.39, 0.29) is 19.5 Å². The van der Waals surface area contributed by atoms with E-state index in [0.717, 1.165) is 16.9 Å². The summed E-state index contributed by atoms with van der Waals surface area (Å²) in [4.78, 5) is 24.4. The lowest BCUT2D eigenvalue weighted by Gasteiger charge is -2.40. The number of hydrogen-bond donors (Lipinski definition) is 3. The van der Waals surface area contributed by atoms with Gasteiger partial charge in [0, 0.05) is 25.1 Å². The number of carbonyl (C=O) groups is 1. The molecule has 0 saturated carbocycles. The van der Waals surface area contributed by atoms with Gasteiger partial charge in [-0.1, -0.05) is 24.6 Å². The molecule has 1 aliphatic heterocycles. The first-order chi connectivity index (χ1) is 15.2. The number of hydrogen-bond acceptors (Lipinski definition) is 5. The SMILES string of the molecule is COc1ccc(-c2cc(F)ccc2CN2C=CP(=O)(O)[C@](CCCCN)(C(=O)O)C2)cc1. The van der Waals surface area contributed by atoms with Crippen molar-refractivity contribution in [2.24, 2.45) is 5.73 Å². The molecule has 0 amide bonds. The van der Waals surface area contributed by atoms with Crippen LogP contribution >= 0.6 is 7.37 Å². The second kappa shape index (κ2) is 9.86. The summed E-state index contributed by atoms with van der Waals surface area (Å²) in [5.41, 5.74) is 7.72. The molecule has 0 aliphatic carbocycles. The van der Waals surface area contributed by atoms with Crippen LogP contribution < -0.4 is 10.5 Å². The Hall–Kier alpha value is -2.67. The van der Waals surface area contributed by atoms with Crippen molar-refractivity contribution < 1.29 is 28.5 Å². The number of aliphatic carboxylic acids is 1. The minimum atomic E-state index is -4.09. The smallest absolute Gasteiger partial charge is 0.321 e. The van der Waals surface area contributed by atoms with Gasteiger partial charge >= 0.3 is 5.97 Å². The molecule has 0 aromatic heterocycles. The summed E-state index contributed by atoms with van der Waals surface area (Å²) in [7, 11) is -2.53. The molecule has 2 atom stereocenters. The van der Waals surface area contributed by atoms with E-state index < -0.39 is 24.3 Å². The van der Waals surface area contributed by atoms with Crippen LogP contribution in [-0.4, -0.2) is 46.2 Å². The molecule has 9 heteroatoms. The fourth-order valence-corrected chi connectivity index (χ4v) is 5.77. The fraction of sp³-hybridized carbons (Fsp3) is 0.348. The maximum Gasteiger partial charge on any atom is 0.321 e. The van der Waals surface area contributed by atoms with E-state index in [0.29, 0.717) is 30.7 Å². The molecule has 0 saturated heterocycles. The van der Waals surface area contributed by atoms with E-state index in [1.807, 2.05) is 12.1 Å². The molecular formula is C23H28FN2O5P. The molecule has 2 aromatic carbocycles. The summed E-state index contributed by atoms with van der Waals surface area (Å²) in [6.45, 7) is 0.506. The predicted octanol–water partition coefficient (Wildman–Crippen LogP) is 4.01. The molecule has 1 unspecified atom stereocenters. The van der Waals surface area contributed by atoms with Crippen molar-refractivity contribution in [3.05, 3.63) is 65.9 Å². The number of carboxylic acid groups (broad SMARTS) is 1. The molecule has 1 aliphatic rings. The van der Waals surface area contributed by atoms with Crippen molar-refractivity contribution in [3.63, 3.8) is 0 Å². The lowest BCUT2D eigenvalue weighted by molar-refractivity contribution is -0.141. The summed E-state index contributed by atoms with van der Waals surface area (Å²) in [6.07, 6.45) is 2.51. The summed E-state index contributed by atoms with van der Waals surface area (Å²) in [6, 6.07) is 11.6. The Bertz CT molecular complexity index is 1040. The maximum atomic E-state index is 14.1. The van der Waals surface area contributed by atoms with Crippen LogP contribution in [0.2, 0.25) is 0 Å². The lowest BCUT2D eigenvalue weighted by Crippen LogP contribution is -2.49. The Balaban J connectivity index is 1.93. The normalized spacial score (nSPS) is 22.7. The third-order valence-electron chi connectivity index (χ3n) is 5.85. The number of nitrogens with two attached hydrogens (primary N) is 1. The molecule has 0 bridgehead atoms. The average molecular weight is 462 g/mol.